The van der Waals surface area contributed by atoms with E-state index in [0.717, 1.165) is 32.0 Å². The van der Waals surface area contributed by atoms with Crippen LogP contribution in [0.25, 0.3) is 0 Å². The lowest BCUT2D eigenvalue weighted by Gasteiger charge is -2.25. The zero-order valence-corrected chi connectivity index (χ0v) is 10.5. The zero-order chi connectivity index (χ0) is 11.2. The van der Waals surface area contributed by atoms with E-state index in [-0.39, 0.29) is 0 Å². The Kier molecular flexibility index (Phi) is 5.07. The summed E-state index contributed by atoms with van der Waals surface area (Å²) in [4.78, 5) is 0. The molecule has 0 aromatic heterocycles. The second-order valence-electron chi connectivity index (χ2n) is 5.17. The third kappa shape index (κ3) is 3.44. The Hall–Kier alpha value is -0.120. The molecule has 2 heterocycles. The van der Waals surface area contributed by atoms with Crippen molar-refractivity contribution in [2.45, 2.75) is 51.2 Å². The van der Waals surface area contributed by atoms with E-state index in [1.165, 1.54) is 32.2 Å². The highest BCUT2D eigenvalue weighted by Gasteiger charge is 2.26. The van der Waals surface area contributed by atoms with Crippen LogP contribution in [0.15, 0.2) is 0 Å². The molecule has 2 saturated heterocycles. The number of hydrogen-bond donors (Lipinski definition) is 2. The average Bonchev–Trinajstić information content (AvgIpc) is 2.78. The van der Waals surface area contributed by atoms with Crippen molar-refractivity contribution >= 4 is 0 Å². The highest BCUT2D eigenvalue weighted by atomic mass is 16.5. The molecular weight excluding hydrogens is 200 g/mol. The van der Waals surface area contributed by atoms with Crippen LogP contribution in [0, 0.1) is 5.92 Å². The summed E-state index contributed by atoms with van der Waals surface area (Å²) in [6.07, 6.45) is 6.99. The quantitative estimate of drug-likeness (QED) is 0.746. The topological polar surface area (TPSA) is 33.3 Å². The summed E-state index contributed by atoms with van der Waals surface area (Å²) in [6.45, 7) is 6.66. The molecule has 0 aromatic rings. The van der Waals surface area contributed by atoms with Crippen molar-refractivity contribution in [2.24, 2.45) is 5.92 Å². The molecule has 94 valence electrons. The van der Waals surface area contributed by atoms with Crippen molar-refractivity contribution < 1.29 is 4.74 Å². The fourth-order valence-corrected chi connectivity index (χ4v) is 2.92. The molecule has 3 heteroatoms. The third-order valence-electron chi connectivity index (χ3n) is 3.96. The Morgan fingerprint density at radius 3 is 2.94 bits per heavy atom. The maximum absolute atomic E-state index is 5.70. The van der Waals surface area contributed by atoms with Crippen LogP contribution in [-0.4, -0.2) is 38.4 Å². The van der Waals surface area contributed by atoms with Gasteiger partial charge in [-0.25, -0.2) is 0 Å². The summed E-state index contributed by atoms with van der Waals surface area (Å²) in [7, 11) is 0. The van der Waals surface area contributed by atoms with Crippen LogP contribution >= 0.6 is 0 Å². The number of hydrogen-bond acceptors (Lipinski definition) is 3. The van der Waals surface area contributed by atoms with E-state index in [9.17, 15) is 0 Å². The number of piperidine rings is 1. The van der Waals surface area contributed by atoms with Gasteiger partial charge in [0.1, 0.15) is 0 Å². The van der Waals surface area contributed by atoms with E-state index >= 15 is 0 Å². The van der Waals surface area contributed by atoms with Gasteiger partial charge in [-0.1, -0.05) is 13.3 Å². The summed E-state index contributed by atoms with van der Waals surface area (Å²) in [6, 6.07) is 0.705. The van der Waals surface area contributed by atoms with Gasteiger partial charge in [0.25, 0.3) is 0 Å². The van der Waals surface area contributed by atoms with Gasteiger partial charge in [-0.15, -0.1) is 0 Å². The first-order valence-corrected chi connectivity index (χ1v) is 6.96. The lowest BCUT2D eigenvalue weighted by Crippen LogP contribution is -2.43. The first-order chi connectivity index (χ1) is 7.90. The highest BCUT2D eigenvalue weighted by molar-refractivity contribution is 4.79. The summed E-state index contributed by atoms with van der Waals surface area (Å²) in [5.41, 5.74) is 0. The van der Waals surface area contributed by atoms with Crippen LogP contribution in [-0.2, 0) is 4.74 Å². The molecule has 2 N–H and O–H groups in total. The lowest BCUT2D eigenvalue weighted by atomic mass is 9.99. The number of rotatable bonds is 5. The molecular formula is C13H26N2O. The minimum atomic E-state index is 0.506. The Bertz CT molecular complexity index is 192. The highest BCUT2D eigenvalue weighted by Crippen LogP contribution is 2.22. The second-order valence-corrected chi connectivity index (χ2v) is 5.17. The van der Waals surface area contributed by atoms with E-state index < -0.39 is 0 Å². The molecule has 3 unspecified atom stereocenters. The van der Waals surface area contributed by atoms with Crippen LogP contribution in [0.3, 0.4) is 0 Å². The molecule has 2 aliphatic rings. The van der Waals surface area contributed by atoms with Crippen LogP contribution in [0.5, 0.6) is 0 Å². The van der Waals surface area contributed by atoms with Crippen LogP contribution in [0.4, 0.5) is 0 Å². The van der Waals surface area contributed by atoms with Gasteiger partial charge >= 0.3 is 0 Å². The molecule has 3 nitrogen and oxygen atoms in total. The van der Waals surface area contributed by atoms with Crippen LogP contribution in [0.2, 0.25) is 0 Å². The number of nitrogens with one attached hydrogen (secondary N) is 2. The van der Waals surface area contributed by atoms with E-state index in [1.807, 2.05) is 0 Å². The zero-order valence-electron chi connectivity index (χ0n) is 10.5. The van der Waals surface area contributed by atoms with Crippen molar-refractivity contribution in [3.05, 3.63) is 0 Å². The third-order valence-corrected chi connectivity index (χ3v) is 3.96. The molecule has 0 aromatic carbocycles. The van der Waals surface area contributed by atoms with Crippen molar-refractivity contribution in [3.63, 3.8) is 0 Å². The maximum atomic E-state index is 5.70. The predicted octanol–water partition coefficient (Wildman–Crippen LogP) is 1.53. The minimum absolute atomic E-state index is 0.506. The summed E-state index contributed by atoms with van der Waals surface area (Å²) in [5, 5.41) is 7.19. The maximum Gasteiger partial charge on any atom is 0.0613 e. The molecule has 16 heavy (non-hydrogen) atoms. The second kappa shape index (κ2) is 6.58. The Morgan fingerprint density at radius 2 is 2.19 bits per heavy atom. The molecule has 3 atom stereocenters. The monoisotopic (exact) mass is 226 g/mol. The fraction of sp³-hybridized carbons (Fsp3) is 1.00. The van der Waals surface area contributed by atoms with Crippen LogP contribution in [0.1, 0.15) is 39.0 Å². The molecule has 0 aliphatic carbocycles. The SMILES string of the molecule is CCC1OCCC1CNCC1CCCCN1. The molecule has 0 amide bonds. The van der Waals surface area contributed by atoms with Gasteiger partial charge in [0.05, 0.1) is 6.10 Å². The van der Waals surface area contributed by atoms with E-state index in [2.05, 4.69) is 17.6 Å². The normalized spacial score (nSPS) is 35.4. The van der Waals surface area contributed by atoms with Crippen molar-refractivity contribution in [1.29, 1.82) is 0 Å². The molecule has 0 radical (unpaired) electrons. The fourth-order valence-electron chi connectivity index (χ4n) is 2.92. The van der Waals surface area contributed by atoms with Gasteiger partial charge < -0.3 is 15.4 Å². The minimum Gasteiger partial charge on any atom is -0.378 e. The summed E-state index contributed by atoms with van der Waals surface area (Å²) < 4.78 is 5.70. The largest absolute Gasteiger partial charge is 0.378 e. The van der Waals surface area contributed by atoms with Gasteiger partial charge in [0.15, 0.2) is 0 Å². The predicted molar refractivity (Wildman–Crippen MR) is 66.6 cm³/mol. The Morgan fingerprint density at radius 1 is 1.25 bits per heavy atom. The molecule has 0 bridgehead atoms. The van der Waals surface area contributed by atoms with Gasteiger partial charge in [-0.3, -0.25) is 0 Å². The first kappa shape index (κ1) is 12.3. The standard InChI is InChI=1S/C13H26N2O/c1-2-13-11(6-8-16-13)9-14-10-12-5-3-4-7-15-12/h11-15H,2-10H2,1H3. The summed E-state index contributed by atoms with van der Waals surface area (Å²) >= 11 is 0. The van der Waals surface area contributed by atoms with Crippen LogP contribution < -0.4 is 10.6 Å². The average molecular weight is 226 g/mol. The van der Waals surface area contributed by atoms with Crippen molar-refractivity contribution in [1.82, 2.24) is 10.6 Å². The molecule has 0 spiro atoms. The number of ether oxygens (including phenoxy) is 1. The van der Waals surface area contributed by atoms with Crippen molar-refractivity contribution in [2.75, 3.05) is 26.2 Å². The molecule has 2 aliphatic heterocycles. The molecule has 0 saturated carbocycles. The van der Waals surface area contributed by atoms with E-state index in [4.69, 9.17) is 4.74 Å². The Balaban J connectivity index is 1.59. The van der Waals surface area contributed by atoms with Gasteiger partial charge in [0, 0.05) is 25.7 Å². The van der Waals surface area contributed by atoms with E-state index in [0.29, 0.717) is 12.1 Å². The van der Waals surface area contributed by atoms with Gasteiger partial charge in [-0.2, -0.15) is 0 Å². The van der Waals surface area contributed by atoms with Gasteiger partial charge in [-0.05, 0) is 38.1 Å². The molecule has 2 fully saturated rings. The Labute approximate surface area is 99.3 Å². The van der Waals surface area contributed by atoms with Crippen molar-refractivity contribution in [3.8, 4) is 0 Å². The van der Waals surface area contributed by atoms with E-state index in [1.54, 1.807) is 0 Å². The molecule has 2 rings (SSSR count). The summed E-state index contributed by atoms with van der Waals surface area (Å²) in [5.74, 6) is 0.744. The van der Waals surface area contributed by atoms with Gasteiger partial charge in [0.2, 0.25) is 0 Å². The smallest absolute Gasteiger partial charge is 0.0613 e. The lowest BCUT2D eigenvalue weighted by molar-refractivity contribution is 0.0871. The first-order valence-electron chi connectivity index (χ1n) is 6.96.